The molecule has 1 saturated heterocycles. The molecular formula is C31H39FN4O. The lowest BCUT2D eigenvalue weighted by atomic mass is 9.63. The van der Waals surface area contributed by atoms with E-state index in [1.54, 1.807) is 24.5 Å². The number of carbonyl (C=O) groups is 1. The monoisotopic (exact) mass is 502 g/mol. The molecular weight excluding hydrogens is 463 g/mol. The van der Waals surface area contributed by atoms with Gasteiger partial charge in [-0.15, -0.1) is 0 Å². The van der Waals surface area contributed by atoms with Gasteiger partial charge < -0.3 is 4.90 Å². The fourth-order valence-corrected chi connectivity index (χ4v) is 5.14. The third kappa shape index (κ3) is 6.19. The van der Waals surface area contributed by atoms with Crippen molar-refractivity contribution in [3.63, 3.8) is 0 Å². The van der Waals surface area contributed by atoms with Crippen LogP contribution in [-0.4, -0.2) is 38.8 Å². The maximum absolute atomic E-state index is 13.6. The minimum Gasteiger partial charge on any atom is -0.339 e. The number of likely N-dealkylation sites (tertiary alicyclic amines) is 1. The van der Waals surface area contributed by atoms with Crippen molar-refractivity contribution in [1.29, 1.82) is 0 Å². The molecule has 5 nitrogen and oxygen atoms in total. The lowest BCUT2D eigenvalue weighted by molar-refractivity contribution is 0.0596. The highest BCUT2D eigenvalue weighted by Crippen LogP contribution is 2.50. The summed E-state index contributed by atoms with van der Waals surface area (Å²) in [4.78, 5) is 28.2. The molecule has 1 amide bonds. The molecule has 0 bridgehead atoms. The van der Waals surface area contributed by atoms with Crippen molar-refractivity contribution in [1.82, 2.24) is 19.9 Å². The molecule has 1 fully saturated rings. The van der Waals surface area contributed by atoms with Gasteiger partial charge >= 0.3 is 0 Å². The van der Waals surface area contributed by atoms with Crippen molar-refractivity contribution >= 4 is 5.91 Å². The highest BCUT2D eigenvalue weighted by molar-refractivity contribution is 5.99. The van der Waals surface area contributed by atoms with Crippen LogP contribution in [-0.2, 0) is 0 Å². The topological polar surface area (TPSA) is 59.0 Å². The maximum Gasteiger partial charge on any atom is 0.256 e. The Balaban J connectivity index is 0.00000241. The summed E-state index contributed by atoms with van der Waals surface area (Å²) in [5, 5.41) is 0. The quantitative estimate of drug-likeness (QED) is 0.328. The average molecular weight is 503 g/mol. The Labute approximate surface area is 221 Å². The van der Waals surface area contributed by atoms with Crippen LogP contribution in [0.15, 0.2) is 85.0 Å². The van der Waals surface area contributed by atoms with Gasteiger partial charge in [0.1, 0.15) is 17.8 Å². The lowest BCUT2D eigenvalue weighted by Crippen LogP contribution is -2.46. The smallest absolute Gasteiger partial charge is 0.256 e. The molecule has 1 aliphatic rings. The standard InChI is InChI=1S/C29H31FN4O.2CH4/c1-4-5-7-21(2)29(22(3)23-9-11-24(30)12-10-23)14-18-34(19-15-29)28(35)25-8-6-16-32-27(25)26-13-17-31-20-33-26;;/h4-13,16-17,20,22H,14-15,18-19H2,1-3H3;2*1H4/b5-4-,21-7?;;/t22-;;/m1../s1. The molecule has 196 valence electrons. The van der Waals surface area contributed by atoms with Crippen LogP contribution in [0.2, 0.25) is 0 Å². The molecule has 0 aliphatic carbocycles. The van der Waals surface area contributed by atoms with Gasteiger partial charge in [0.05, 0.1) is 11.3 Å². The number of pyridine rings is 1. The minimum atomic E-state index is -0.229. The molecule has 1 aliphatic heterocycles. The molecule has 0 spiro atoms. The molecule has 3 aromatic rings. The number of hydrogen-bond donors (Lipinski definition) is 0. The summed E-state index contributed by atoms with van der Waals surface area (Å²) in [5.74, 6) is -0.0887. The van der Waals surface area contributed by atoms with Gasteiger partial charge in [0.15, 0.2) is 0 Å². The third-order valence-corrected chi connectivity index (χ3v) is 7.33. The number of amides is 1. The second-order valence-electron chi connectivity index (χ2n) is 9.09. The van der Waals surface area contributed by atoms with E-state index >= 15 is 0 Å². The van der Waals surface area contributed by atoms with E-state index in [0.717, 1.165) is 18.4 Å². The largest absolute Gasteiger partial charge is 0.339 e. The molecule has 37 heavy (non-hydrogen) atoms. The van der Waals surface area contributed by atoms with Gasteiger partial charge in [-0.05, 0) is 68.5 Å². The van der Waals surface area contributed by atoms with Crippen LogP contribution >= 0.6 is 0 Å². The Kier molecular flexibility index (Phi) is 10.4. The van der Waals surface area contributed by atoms with E-state index in [9.17, 15) is 9.18 Å². The number of aromatic nitrogens is 3. The van der Waals surface area contributed by atoms with Gasteiger partial charge in [0.25, 0.3) is 5.91 Å². The lowest BCUT2D eigenvalue weighted by Gasteiger charge is -2.47. The molecule has 0 unspecified atom stereocenters. The van der Waals surface area contributed by atoms with E-state index in [-0.39, 0.29) is 37.9 Å². The molecule has 6 heteroatoms. The van der Waals surface area contributed by atoms with Gasteiger partial charge in [0, 0.05) is 30.9 Å². The van der Waals surface area contributed by atoms with E-state index in [1.807, 2.05) is 36.1 Å². The Morgan fingerprint density at radius 1 is 1.05 bits per heavy atom. The molecule has 0 N–H and O–H groups in total. The van der Waals surface area contributed by atoms with Gasteiger partial charge in [-0.3, -0.25) is 9.78 Å². The van der Waals surface area contributed by atoms with E-state index in [2.05, 4.69) is 41.0 Å². The van der Waals surface area contributed by atoms with Crippen molar-refractivity contribution in [2.24, 2.45) is 5.41 Å². The number of nitrogens with zero attached hydrogens (tertiary/aromatic N) is 4. The van der Waals surface area contributed by atoms with Crippen LogP contribution in [0.5, 0.6) is 0 Å². The second-order valence-corrected chi connectivity index (χ2v) is 9.09. The summed E-state index contributed by atoms with van der Waals surface area (Å²) in [6.07, 6.45) is 12.7. The summed E-state index contributed by atoms with van der Waals surface area (Å²) in [6, 6.07) is 12.2. The van der Waals surface area contributed by atoms with Gasteiger partial charge in [0.2, 0.25) is 0 Å². The minimum absolute atomic E-state index is 0. The van der Waals surface area contributed by atoms with Crippen molar-refractivity contribution in [3.8, 4) is 11.4 Å². The molecule has 3 heterocycles. The SMILES string of the molecule is C.C.C/C=C\C=C(C)C1([C@H](C)c2ccc(F)cc2)CCN(C(=O)c2cccnc2-c2ccncn2)CC1. The van der Waals surface area contributed by atoms with Crippen molar-refractivity contribution in [2.45, 2.75) is 54.4 Å². The first-order chi connectivity index (χ1) is 17.0. The summed E-state index contributed by atoms with van der Waals surface area (Å²) in [7, 11) is 0. The predicted octanol–water partition coefficient (Wildman–Crippen LogP) is 7.50. The van der Waals surface area contributed by atoms with Crippen molar-refractivity contribution in [2.75, 3.05) is 13.1 Å². The Hall–Kier alpha value is -3.67. The third-order valence-electron chi connectivity index (χ3n) is 7.33. The van der Waals surface area contributed by atoms with E-state index in [0.29, 0.717) is 30.0 Å². The summed E-state index contributed by atoms with van der Waals surface area (Å²) >= 11 is 0. The molecule has 0 radical (unpaired) electrons. The fourth-order valence-electron chi connectivity index (χ4n) is 5.14. The normalized spacial score (nSPS) is 16.0. The summed E-state index contributed by atoms with van der Waals surface area (Å²) < 4.78 is 13.6. The van der Waals surface area contributed by atoms with E-state index < -0.39 is 0 Å². The molecule has 1 aromatic carbocycles. The number of benzene rings is 1. The predicted molar refractivity (Wildman–Crippen MR) is 150 cm³/mol. The van der Waals surface area contributed by atoms with E-state index in [1.165, 1.54) is 24.0 Å². The number of halogens is 1. The number of rotatable bonds is 6. The zero-order chi connectivity index (χ0) is 24.8. The number of hydrogen-bond acceptors (Lipinski definition) is 4. The highest BCUT2D eigenvalue weighted by Gasteiger charge is 2.42. The first kappa shape index (κ1) is 29.6. The zero-order valence-electron chi connectivity index (χ0n) is 20.5. The molecule has 2 aromatic heterocycles. The van der Waals surface area contributed by atoms with Crippen LogP contribution in [0.3, 0.4) is 0 Å². The number of allylic oxidation sites excluding steroid dienone is 4. The first-order valence-corrected chi connectivity index (χ1v) is 12.0. The molecule has 4 rings (SSSR count). The van der Waals surface area contributed by atoms with Crippen LogP contribution in [0.1, 0.15) is 70.3 Å². The van der Waals surface area contributed by atoms with Crippen LogP contribution in [0.4, 0.5) is 4.39 Å². The average Bonchev–Trinajstić information content (AvgIpc) is 2.92. The number of piperidine rings is 1. The van der Waals surface area contributed by atoms with E-state index in [4.69, 9.17) is 0 Å². The summed E-state index contributed by atoms with van der Waals surface area (Å²) in [5.41, 5.74) is 4.01. The van der Waals surface area contributed by atoms with Crippen LogP contribution in [0.25, 0.3) is 11.4 Å². The van der Waals surface area contributed by atoms with Crippen molar-refractivity contribution < 1.29 is 9.18 Å². The Morgan fingerprint density at radius 2 is 1.76 bits per heavy atom. The summed E-state index contributed by atoms with van der Waals surface area (Å²) in [6.45, 7) is 7.65. The van der Waals surface area contributed by atoms with Crippen molar-refractivity contribution in [3.05, 3.63) is 102 Å². The van der Waals surface area contributed by atoms with Gasteiger partial charge in [-0.25, -0.2) is 14.4 Å². The fraction of sp³-hybridized carbons (Fsp3) is 0.355. The zero-order valence-corrected chi connectivity index (χ0v) is 20.5. The first-order valence-electron chi connectivity index (χ1n) is 12.0. The van der Waals surface area contributed by atoms with Crippen LogP contribution in [0, 0.1) is 11.2 Å². The number of carbonyl (C=O) groups excluding carboxylic acids is 1. The van der Waals surface area contributed by atoms with Gasteiger partial charge in [-0.1, -0.05) is 57.7 Å². The maximum atomic E-state index is 13.6. The second kappa shape index (κ2) is 13.0. The molecule has 1 atom stereocenters. The Morgan fingerprint density at radius 3 is 2.38 bits per heavy atom. The van der Waals surface area contributed by atoms with Gasteiger partial charge in [-0.2, -0.15) is 0 Å². The van der Waals surface area contributed by atoms with Crippen LogP contribution < -0.4 is 0 Å². The Bertz CT molecular complexity index is 1210. The molecule has 0 saturated carbocycles. The highest BCUT2D eigenvalue weighted by atomic mass is 19.1.